The molecular formula is C20H24FNO4. The van der Waals surface area contributed by atoms with E-state index < -0.39 is 35.3 Å². The third-order valence-corrected chi connectivity index (χ3v) is 6.20. The molecule has 0 aromatic heterocycles. The first-order valence-electron chi connectivity index (χ1n) is 9.23. The summed E-state index contributed by atoms with van der Waals surface area (Å²) >= 11 is 0. The lowest BCUT2D eigenvalue weighted by atomic mass is 9.48. The molecule has 4 aliphatic carbocycles. The minimum Gasteiger partial charge on any atom is -0.455 e. The standard InChI is InChI=1S/C20H24FNO4/c1-12-2-3-16(15(21)4-12)22-17(23)10-26-18(24)19-6-13-5-14(7-19)9-20(25,8-13)11-19/h2-4,13-14,25H,5-11H2,1H3,(H,22,23)/t13-,14+,19?,20?. The molecule has 1 aromatic carbocycles. The van der Waals surface area contributed by atoms with Gasteiger partial charge in [0.25, 0.3) is 5.91 Å². The highest BCUT2D eigenvalue weighted by molar-refractivity contribution is 5.93. The molecule has 0 saturated heterocycles. The predicted molar refractivity (Wildman–Crippen MR) is 92.8 cm³/mol. The molecule has 5 nitrogen and oxygen atoms in total. The van der Waals surface area contributed by atoms with Gasteiger partial charge >= 0.3 is 5.97 Å². The zero-order valence-electron chi connectivity index (χ0n) is 14.9. The minimum absolute atomic E-state index is 0.0702. The summed E-state index contributed by atoms with van der Waals surface area (Å²) in [5.74, 6) is -0.754. The maximum atomic E-state index is 13.8. The number of nitrogens with one attached hydrogen (secondary N) is 1. The lowest BCUT2D eigenvalue weighted by Gasteiger charge is -2.58. The van der Waals surface area contributed by atoms with Gasteiger partial charge in [0.05, 0.1) is 16.7 Å². The number of ether oxygens (including phenoxy) is 1. The van der Waals surface area contributed by atoms with E-state index in [4.69, 9.17) is 4.74 Å². The van der Waals surface area contributed by atoms with Crippen molar-refractivity contribution in [3.05, 3.63) is 29.6 Å². The molecule has 0 aliphatic heterocycles. The van der Waals surface area contributed by atoms with Crippen LogP contribution in [0.5, 0.6) is 0 Å². The molecule has 5 rings (SSSR count). The fourth-order valence-electron chi connectivity index (χ4n) is 5.64. The highest BCUT2D eigenvalue weighted by Crippen LogP contribution is 2.61. The molecule has 0 radical (unpaired) electrons. The van der Waals surface area contributed by atoms with Crippen LogP contribution in [0.25, 0.3) is 0 Å². The molecule has 26 heavy (non-hydrogen) atoms. The number of halogens is 1. The Morgan fingerprint density at radius 3 is 2.58 bits per heavy atom. The number of aryl methyl sites for hydroxylation is 1. The molecule has 1 amide bonds. The number of benzene rings is 1. The number of carbonyl (C=O) groups excluding carboxylic acids is 2. The maximum absolute atomic E-state index is 13.8. The molecule has 4 aliphatic rings. The summed E-state index contributed by atoms with van der Waals surface area (Å²) in [5.41, 5.74) is -0.586. The molecular weight excluding hydrogens is 337 g/mol. The first kappa shape index (κ1) is 17.5. The SMILES string of the molecule is Cc1ccc(NC(=O)COC(=O)C23C[C@@H]4C[C@@H](CC(O)(C4)C2)C3)c(F)c1. The van der Waals surface area contributed by atoms with Gasteiger partial charge < -0.3 is 15.2 Å². The van der Waals surface area contributed by atoms with Crippen LogP contribution in [0.4, 0.5) is 10.1 Å². The van der Waals surface area contributed by atoms with Crippen LogP contribution in [0.15, 0.2) is 18.2 Å². The van der Waals surface area contributed by atoms with Gasteiger partial charge in [-0.15, -0.1) is 0 Å². The van der Waals surface area contributed by atoms with Crippen LogP contribution >= 0.6 is 0 Å². The quantitative estimate of drug-likeness (QED) is 0.809. The van der Waals surface area contributed by atoms with E-state index in [0.29, 0.717) is 18.3 Å². The number of aliphatic hydroxyl groups is 1. The van der Waals surface area contributed by atoms with E-state index in [2.05, 4.69) is 5.32 Å². The lowest BCUT2D eigenvalue weighted by Crippen LogP contribution is -2.58. The number of carbonyl (C=O) groups is 2. The minimum atomic E-state index is -0.754. The third kappa shape index (κ3) is 3.11. The van der Waals surface area contributed by atoms with Gasteiger partial charge in [0.1, 0.15) is 5.82 Å². The maximum Gasteiger partial charge on any atom is 0.312 e. The number of hydrogen-bond donors (Lipinski definition) is 2. The number of esters is 1. The van der Waals surface area contributed by atoms with Crippen LogP contribution in [0.3, 0.4) is 0 Å². The summed E-state index contributed by atoms with van der Waals surface area (Å²) in [4.78, 5) is 24.8. The molecule has 0 heterocycles. The van der Waals surface area contributed by atoms with Gasteiger partial charge in [-0.05, 0) is 75.0 Å². The second-order valence-electron chi connectivity index (χ2n) is 8.57. The van der Waals surface area contributed by atoms with Crippen molar-refractivity contribution in [3.63, 3.8) is 0 Å². The summed E-state index contributed by atoms with van der Waals surface area (Å²) in [5, 5.41) is 13.1. The van der Waals surface area contributed by atoms with Gasteiger partial charge in [0.2, 0.25) is 0 Å². The van der Waals surface area contributed by atoms with E-state index in [9.17, 15) is 19.1 Å². The Labute approximate surface area is 151 Å². The van der Waals surface area contributed by atoms with Gasteiger partial charge in [-0.1, -0.05) is 6.07 Å². The first-order valence-corrected chi connectivity index (χ1v) is 9.23. The molecule has 0 spiro atoms. The molecule has 4 bridgehead atoms. The molecule has 6 heteroatoms. The van der Waals surface area contributed by atoms with Crippen LogP contribution in [-0.2, 0) is 14.3 Å². The Morgan fingerprint density at radius 1 is 1.27 bits per heavy atom. The zero-order valence-corrected chi connectivity index (χ0v) is 14.9. The molecule has 2 N–H and O–H groups in total. The Bertz CT molecular complexity index is 748. The number of anilines is 1. The highest BCUT2D eigenvalue weighted by Gasteiger charge is 2.60. The van der Waals surface area contributed by atoms with E-state index in [1.165, 1.54) is 12.1 Å². The summed E-state index contributed by atoms with van der Waals surface area (Å²) in [7, 11) is 0. The largest absolute Gasteiger partial charge is 0.455 e. The molecule has 4 fully saturated rings. The average molecular weight is 361 g/mol. The summed E-state index contributed by atoms with van der Waals surface area (Å²) in [6, 6.07) is 4.51. The van der Waals surface area contributed by atoms with Crippen LogP contribution in [0, 0.1) is 30.0 Å². The normalized spacial score (nSPS) is 34.6. The van der Waals surface area contributed by atoms with Crippen molar-refractivity contribution in [1.29, 1.82) is 0 Å². The van der Waals surface area contributed by atoms with Gasteiger partial charge in [-0.25, -0.2) is 4.39 Å². The van der Waals surface area contributed by atoms with Crippen molar-refractivity contribution in [1.82, 2.24) is 0 Å². The van der Waals surface area contributed by atoms with Gasteiger partial charge in [-0.3, -0.25) is 9.59 Å². The Hall–Kier alpha value is -1.95. The molecule has 4 atom stereocenters. The van der Waals surface area contributed by atoms with E-state index in [1.807, 2.05) is 0 Å². The smallest absolute Gasteiger partial charge is 0.312 e. The average Bonchev–Trinajstić information content (AvgIpc) is 2.53. The zero-order chi connectivity index (χ0) is 18.5. The molecule has 4 saturated carbocycles. The van der Waals surface area contributed by atoms with E-state index in [1.54, 1.807) is 13.0 Å². The lowest BCUT2D eigenvalue weighted by molar-refractivity contribution is -0.196. The monoisotopic (exact) mass is 361 g/mol. The third-order valence-electron chi connectivity index (χ3n) is 6.20. The summed E-state index contributed by atoms with van der Waals surface area (Å²) in [6.45, 7) is 1.32. The van der Waals surface area contributed by atoms with Crippen molar-refractivity contribution in [3.8, 4) is 0 Å². The fourth-order valence-corrected chi connectivity index (χ4v) is 5.64. The number of hydrogen-bond acceptors (Lipinski definition) is 4. The van der Waals surface area contributed by atoms with E-state index in [0.717, 1.165) is 37.7 Å². The van der Waals surface area contributed by atoms with Crippen LogP contribution < -0.4 is 5.32 Å². The topological polar surface area (TPSA) is 75.6 Å². The number of amides is 1. The fraction of sp³-hybridized carbons (Fsp3) is 0.600. The van der Waals surface area contributed by atoms with Crippen molar-refractivity contribution in [2.24, 2.45) is 17.3 Å². The van der Waals surface area contributed by atoms with Crippen molar-refractivity contribution in [2.45, 2.75) is 51.0 Å². The molecule has 140 valence electrons. The van der Waals surface area contributed by atoms with E-state index >= 15 is 0 Å². The Balaban J connectivity index is 1.37. The molecule has 2 unspecified atom stereocenters. The Morgan fingerprint density at radius 2 is 1.96 bits per heavy atom. The molecule has 1 aromatic rings. The second kappa shape index (κ2) is 6.05. The first-order chi connectivity index (χ1) is 12.3. The van der Waals surface area contributed by atoms with Crippen molar-refractivity contribution < 1.29 is 23.8 Å². The summed E-state index contributed by atoms with van der Waals surface area (Å²) in [6.07, 6.45) is 4.51. The van der Waals surface area contributed by atoms with Gasteiger partial charge in [0, 0.05) is 0 Å². The van der Waals surface area contributed by atoms with Crippen LogP contribution in [0.1, 0.15) is 44.1 Å². The van der Waals surface area contributed by atoms with E-state index in [-0.39, 0.29) is 5.69 Å². The predicted octanol–water partition coefficient (Wildman–Crippen LogP) is 2.95. The Kier molecular flexibility index (Phi) is 4.06. The van der Waals surface area contributed by atoms with Crippen LogP contribution in [-0.4, -0.2) is 29.2 Å². The second-order valence-corrected chi connectivity index (χ2v) is 8.57. The number of rotatable bonds is 4. The van der Waals surface area contributed by atoms with Crippen LogP contribution in [0.2, 0.25) is 0 Å². The van der Waals surface area contributed by atoms with Crippen molar-refractivity contribution in [2.75, 3.05) is 11.9 Å². The highest BCUT2D eigenvalue weighted by atomic mass is 19.1. The van der Waals surface area contributed by atoms with Crippen molar-refractivity contribution >= 4 is 17.6 Å². The van der Waals surface area contributed by atoms with Gasteiger partial charge in [-0.2, -0.15) is 0 Å². The van der Waals surface area contributed by atoms with Gasteiger partial charge in [0.15, 0.2) is 6.61 Å². The summed E-state index contributed by atoms with van der Waals surface area (Å²) < 4.78 is 19.1.